The van der Waals surface area contributed by atoms with Crippen LogP contribution in [0, 0.1) is 10.1 Å². The van der Waals surface area contributed by atoms with Gasteiger partial charge in [0.05, 0.1) is 36.3 Å². The smallest absolute Gasteiger partial charge is 0.284 e. The number of carbonyl (C=O) groups excluding carboxylic acids is 1. The van der Waals surface area contributed by atoms with Crippen LogP contribution in [0.5, 0.6) is 5.75 Å². The molecule has 0 saturated heterocycles. The van der Waals surface area contributed by atoms with Gasteiger partial charge in [0, 0.05) is 4.88 Å². The largest absolute Gasteiger partial charge is 0.497 e. The zero-order valence-corrected chi connectivity index (χ0v) is 15.1. The molecule has 0 unspecified atom stereocenters. The number of hydrazone groups is 1. The molecule has 0 spiro atoms. The maximum absolute atomic E-state index is 11.8. The van der Waals surface area contributed by atoms with Gasteiger partial charge in [-0.2, -0.15) is 5.10 Å². The van der Waals surface area contributed by atoms with Gasteiger partial charge in [-0.25, -0.2) is 5.43 Å². The van der Waals surface area contributed by atoms with Crippen LogP contribution in [0.1, 0.15) is 10.6 Å². The number of methoxy groups -OCH3 is 1. The Labute approximate surface area is 158 Å². The highest BCUT2D eigenvalue weighted by molar-refractivity contribution is 7.10. The second-order valence-electron chi connectivity index (χ2n) is 5.39. The van der Waals surface area contributed by atoms with Crippen molar-refractivity contribution in [2.45, 2.75) is 6.42 Å². The maximum atomic E-state index is 11.8. The van der Waals surface area contributed by atoms with Gasteiger partial charge in [0.1, 0.15) is 17.3 Å². The van der Waals surface area contributed by atoms with Crippen molar-refractivity contribution in [2.24, 2.45) is 5.10 Å². The normalized spacial score (nSPS) is 10.9. The first-order valence-electron chi connectivity index (χ1n) is 7.83. The summed E-state index contributed by atoms with van der Waals surface area (Å²) >= 11 is 1.49. The van der Waals surface area contributed by atoms with Crippen LogP contribution in [0.3, 0.4) is 0 Å². The summed E-state index contributed by atoms with van der Waals surface area (Å²) in [7, 11) is 1.44. The fraction of sp³-hybridized carbons (Fsp3) is 0.111. The Kier molecular flexibility index (Phi) is 5.62. The molecule has 138 valence electrons. The van der Waals surface area contributed by atoms with Crippen molar-refractivity contribution in [3.63, 3.8) is 0 Å². The van der Waals surface area contributed by atoms with Crippen molar-refractivity contribution < 1.29 is 18.9 Å². The third-order valence-electron chi connectivity index (χ3n) is 3.59. The van der Waals surface area contributed by atoms with Crippen molar-refractivity contribution in [3.8, 4) is 17.1 Å². The summed E-state index contributed by atoms with van der Waals surface area (Å²) in [4.78, 5) is 23.5. The highest BCUT2D eigenvalue weighted by Gasteiger charge is 2.19. The molecule has 1 amide bonds. The van der Waals surface area contributed by atoms with E-state index in [0.717, 1.165) is 4.88 Å². The number of thiophene rings is 1. The molecule has 0 atom stereocenters. The molecular formula is C18H15N3O5S. The third-order valence-corrected chi connectivity index (χ3v) is 4.47. The van der Waals surface area contributed by atoms with Crippen LogP contribution in [0.4, 0.5) is 5.69 Å². The minimum Gasteiger partial charge on any atom is -0.497 e. The van der Waals surface area contributed by atoms with Crippen LogP contribution in [-0.2, 0) is 11.2 Å². The third kappa shape index (κ3) is 4.59. The number of amides is 1. The Morgan fingerprint density at radius 2 is 2.22 bits per heavy atom. The van der Waals surface area contributed by atoms with Crippen LogP contribution in [0.2, 0.25) is 0 Å². The summed E-state index contributed by atoms with van der Waals surface area (Å²) in [5.41, 5.74) is 2.61. The summed E-state index contributed by atoms with van der Waals surface area (Å²) in [5, 5.41) is 17.0. The Morgan fingerprint density at radius 1 is 1.37 bits per heavy atom. The first-order valence-corrected chi connectivity index (χ1v) is 8.71. The van der Waals surface area contributed by atoms with E-state index in [0.29, 0.717) is 22.8 Å². The molecule has 0 aliphatic heterocycles. The number of benzene rings is 1. The highest BCUT2D eigenvalue weighted by atomic mass is 32.1. The molecule has 3 rings (SSSR count). The van der Waals surface area contributed by atoms with Crippen molar-refractivity contribution in [2.75, 3.05) is 7.11 Å². The minimum absolute atomic E-state index is 0.128. The first kappa shape index (κ1) is 18.3. The van der Waals surface area contributed by atoms with Crippen molar-refractivity contribution in [3.05, 3.63) is 68.6 Å². The molecule has 1 aromatic carbocycles. The van der Waals surface area contributed by atoms with E-state index in [1.165, 1.54) is 30.7 Å². The van der Waals surface area contributed by atoms with Gasteiger partial charge in [-0.05, 0) is 35.7 Å². The van der Waals surface area contributed by atoms with E-state index >= 15 is 0 Å². The monoisotopic (exact) mass is 385 g/mol. The second kappa shape index (κ2) is 8.28. The van der Waals surface area contributed by atoms with E-state index < -0.39 is 4.92 Å². The van der Waals surface area contributed by atoms with Gasteiger partial charge < -0.3 is 9.15 Å². The quantitative estimate of drug-likeness (QED) is 0.380. The first-order chi connectivity index (χ1) is 13.1. The second-order valence-corrected chi connectivity index (χ2v) is 6.42. The SMILES string of the molecule is COc1ccc(-c2ccc(/C=N/NC(=O)Cc3cccs3)o2)c([N+](=O)[O-])c1. The summed E-state index contributed by atoms with van der Waals surface area (Å²) in [6.07, 6.45) is 1.58. The van der Waals surface area contributed by atoms with E-state index in [2.05, 4.69) is 10.5 Å². The maximum Gasteiger partial charge on any atom is 0.284 e. The van der Waals surface area contributed by atoms with E-state index in [9.17, 15) is 14.9 Å². The average Bonchev–Trinajstić information content (AvgIpc) is 3.33. The van der Waals surface area contributed by atoms with Crippen LogP contribution in [0.15, 0.2) is 57.4 Å². The number of nitrogens with zero attached hydrogens (tertiary/aromatic N) is 2. The summed E-state index contributed by atoms with van der Waals surface area (Å²) in [6, 6.07) is 11.5. The van der Waals surface area contributed by atoms with Crippen molar-refractivity contribution >= 4 is 29.1 Å². The zero-order chi connectivity index (χ0) is 19.2. The number of rotatable bonds is 7. The molecule has 9 heteroatoms. The van der Waals surface area contributed by atoms with Crippen LogP contribution < -0.4 is 10.2 Å². The van der Waals surface area contributed by atoms with E-state index in [-0.39, 0.29) is 18.0 Å². The standard InChI is InChI=1S/C18H15N3O5S/c1-25-12-4-6-15(16(9-12)21(23)24)17-7-5-13(26-17)11-19-20-18(22)10-14-3-2-8-27-14/h2-9,11H,10H2,1H3,(H,20,22)/b19-11+. The molecule has 0 saturated carbocycles. The number of nitro groups is 1. The predicted octanol–water partition coefficient (Wildman–Crippen LogP) is 3.62. The van der Waals surface area contributed by atoms with E-state index in [4.69, 9.17) is 9.15 Å². The molecule has 0 bridgehead atoms. The van der Waals surface area contributed by atoms with Gasteiger partial charge in [-0.1, -0.05) is 6.07 Å². The molecule has 1 N–H and O–H groups in total. The number of hydrogen-bond acceptors (Lipinski definition) is 7. The zero-order valence-electron chi connectivity index (χ0n) is 14.2. The Hall–Kier alpha value is -3.46. The molecule has 0 fully saturated rings. The predicted molar refractivity (Wildman–Crippen MR) is 101 cm³/mol. The lowest BCUT2D eigenvalue weighted by molar-refractivity contribution is -0.384. The van der Waals surface area contributed by atoms with Gasteiger partial charge >= 0.3 is 0 Å². The Bertz CT molecular complexity index is 979. The summed E-state index contributed by atoms with van der Waals surface area (Å²) < 4.78 is 10.6. The van der Waals surface area contributed by atoms with Crippen LogP contribution >= 0.6 is 11.3 Å². The average molecular weight is 385 g/mol. The number of ether oxygens (including phenoxy) is 1. The van der Waals surface area contributed by atoms with Crippen molar-refractivity contribution in [1.29, 1.82) is 0 Å². The molecule has 2 heterocycles. The number of nitro benzene ring substituents is 1. The Balaban J connectivity index is 1.69. The van der Waals surface area contributed by atoms with Gasteiger partial charge in [-0.3, -0.25) is 14.9 Å². The van der Waals surface area contributed by atoms with Gasteiger partial charge in [-0.15, -0.1) is 11.3 Å². The number of furan rings is 1. The molecular weight excluding hydrogens is 370 g/mol. The number of hydrogen-bond donors (Lipinski definition) is 1. The lowest BCUT2D eigenvalue weighted by Gasteiger charge is -2.03. The molecule has 8 nitrogen and oxygen atoms in total. The van der Waals surface area contributed by atoms with Crippen LogP contribution in [0.25, 0.3) is 11.3 Å². The highest BCUT2D eigenvalue weighted by Crippen LogP contribution is 2.33. The van der Waals surface area contributed by atoms with E-state index in [1.807, 2.05) is 17.5 Å². The summed E-state index contributed by atoms with van der Waals surface area (Å²) in [5.74, 6) is 0.806. The van der Waals surface area contributed by atoms with E-state index in [1.54, 1.807) is 24.3 Å². The summed E-state index contributed by atoms with van der Waals surface area (Å²) in [6.45, 7) is 0. The Morgan fingerprint density at radius 3 is 2.93 bits per heavy atom. The van der Waals surface area contributed by atoms with Crippen molar-refractivity contribution in [1.82, 2.24) is 5.43 Å². The van der Waals surface area contributed by atoms with Crippen LogP contribution in [-0.4, -0.2) is 24.2 Å². The minimum atomic E-state index is -0.501. The van der Waals surface area contributed by atoms with Gasteiger partial charge in [0.15, 0.2) is 0 Å². The molecule has 3 aromatic rings. The lowest BCUT2D eigenvalue weighted by atomic mass is 10.1. The lowest BCUT2D eigenvalue weighted by Crippen LogP contribution is -2.19. The molecule has 27 heavy (non-hydrogen) atoms. The molecule has 0 aliphatic rings. The molecule has 0 aliphatic carbocycles. The van der Waals surface area contributed by atoms with Gasteiger partial charge in [0.2, 0.25) is 5.91 Å². The fourth-order valence-electron chi connectivity index (χ4n) is 2.34. The molecule has 0 radical (unpaired) electrons. The molecule has 2 aromatic heterocycles. The number of carbonyl (C=O) groups is 1. The van der Waals surface area contributed by atoms with Gasteiger partial charge in [0.25, 0.3) is 5.69 Å². The number of nitrogens with one attached hydrogen (secondary N) is 1. The topological polar surface area (TPSA) is 107 Å². The fourth-order valence-corrected chi connectivity index (χ4v) is 3.05.